The van der Waals surface area contributed by atoms with Crippen LogP contribution in [-0.4, -0.2) is 22.6 Å². The van der Waals surface area contributed by atoms with Crippen molar-refractivity contribution in [1.82, 2.24) is 0 Å². The van der Waals surface area contributed by atoms with Crippen LogP contribution in [0.3, 0.4) is 0 Å². The molecular formula is C22H32O4. The minimum absolute atomic E-state index is 0.0542. The van der Waals surface area contributed by atoms with Gasteiger partial charge in [-0.25, -0.2) is 0 Å². The fraction of sp³-hybridized carbons (Fsp3) is 0.500. The zero-order valence-electron chi connectivity index (χ0n) is 16.0. The molecule has 1 rings (SSSR count). The summed E-state index contributed by atoms with van der Waals surface area (Å²) in [6, 6.07) is 4.93. The van der Waals surface area contributed by atoms with Gasteiger partial charge in [0.25, 0.3) is 0 Å². The first-order valence-electron chi connectivity index (χ1n) is 9.64. The molecule has 144 valence electrons. The number of benzene rings is 1. The maximum atomic E-state index is 11.9. The molecule has 0 saturated carbocycles. The van der Waals surface area contributed by atoms with Crippen LogP contribution in [0.25, 0.3) is 6.08 Å². The fourth-order valence-corrected chi connectivity index (χ4v) is 2.63. The van der Waals surface area contributed by atoms with Crippen LogP contribution in [0.2, 0.25) is 0 Å². The van der Waals surface area contributed by atoms with Crippen LogP contribution in [0.4, 0.5) is 0 Å². The number of hydrogen-bond acceptors (Lipinski definition) is 4. The molecular weight excluding hydrogens is 328 g/mol. The number of ketones is 1. The second kappa shape index (κ2) is 13.0. The van der Waals surface area contributed by atoms with Gasteiger partial charge in [0, 0.05) is 12.5 Å². The zero-order chi connectivity index (χ0) is 19.2. The Labute approximate surface area is 157 Å². The van der Waals surface area contributed by atoms with Gasteiger partial charge in [0.1, 0.15) is 5.76 Å². The molecule has 4 heteroatoms. The Hall–Kier alpha value is -2.23. The largest absolute Gasteiger partial charge is 0.508 e. The number of ether oxygens (including phenoxy) is 1. The number of phenolic OH excluding ortho intramolecular Hbond substituents is 1. The molecule has 0 heterocycles. The lowest BCUT2D eigenvalue weighted by molar-refractivity contribution is -0.114. The van der Waals surface area contributed by atoms with Crippen molar-refractivity contribution < 1.29 is 19.7 Å². The first-order valence-corrected chi connectivity index (χ1v) is 9.64. The number of carbonyl (C=O) groups is 1. The second-order valence-electron chi connectivity index (χ2n) is 6.40. The van der Waals surface area contributed by atoms with Crippen LogP contribution in [0, 0.1) is 0 Å². The van der Waals surface area contributed by atoms with E-state index >= 15 is 0 Å². The first-order chi connectivity index (χ1) is 12.6. The molecule has 0 fully saturated rings. The average Bonchev–Trinajstić information content (AvgIpc) is 2.62. The van der Waals surface area contributed by atoms with E-state index in [1.807, 2.05) is 6.92 Å². The van der Waals surface area contributed by atoms with E-state index in [9.17, 15) is 15.0 Å². The monoisotopic (exact) mass is 360 g/mol. The number of carbonyl (C=O) groups excluding carboxylic acids is 1. The smallest absolute Gasteiger partial charge is 0.161 e. The molecule has 2 N–H and O–H groups in total. The SMILES string of the molecule is CCCCCCCCCC(=O)C=C(O)C=Cc1ccc(O)c(OCC)c1. The topological polar surface area (TPSA) is 66.8 Å². The number of aliphatic hydroxyl groups excluding tert-OH is 1. The summed E-state index contributed by atoms with van der Waals surface area (Å²) < 4.78 is 5.32. The highest BCUT2D eigenvalue weighted by Crippen LogP contribution is 2.27. The molecule has 0 radical (unpaired) electrons. The van der Waals surface area contributed by atoms with Crippen LogP contribution in [-0.2, 0) is 4.79 Å². The Morgan fingerprint density at radius 2 is 1.77 bits per heavy atom. The van der Waals surface area contributed by atoms with Gasteiger partial charge >= 0.3 is 0 Å². The van der Waals surface area contributed by atoms with Crippen LogP contribution < -0.4 is 4.74 Å². The predicted molar refractivity (Wildman–Crippen MR) is 107 cm³/mol. The van der Waals surface area contributed by atoms with Crippen LogP contribution in [0.15, 0.2) is 36.1 Å². The van der Waals surface area contributed by atoms with Crippen LogP contribution in [0.5, 0.6) is 11.5 Å². The molecule has 0 aromatic heterocycles. The van der Waals surface area contributed by atoms with Crippen LogP contribution in [0.1, 0.15) is 70.8 Å². The molecule has 4 nitrogen and oxygen atoms in total. The summed E-state index contributed by atoms with van der Waals surface area (Å²) in [5.41, 5.74) is 0.769. The van der Waals surface area contributed by atoms with E-state index in [0.29, 0.717) is 18.8 Å². The number of unbranched alkanes of at least 4 members (excludes halogenated alkanes) is 6. The van der Waals surface area contributed by atoms with E-state index < -0.39 is 0 Å². The van der Waals surface area contributed by atoms with Crippen molar-refractivity contribution >= 4 is 11.9 Å². The van der Waals surface area contributed by atoms with Gasteiger partial charge in [0.2, 0.25) is 0 Å². The summed E-state index contributed by atoms with van der Waals surface area (Å²) in [6.07, 6.45) is 13.0. The minimum atomic E-state index is -0.0658. The molecule has 0 spiro atoms. The highest BCUT2D eigenvalue weighted by atomic mass is 16.5. The molecule has 0 amide bonds. The third-order valence-electron chi connectivity index (χ3n) is 4.07. The first kappa shape index (κ1) is 21.8. The van der Waals surface area contributed by atoms with Crippen molar-refractivity contribution in [1.29, 1.82) is 0 Å². The van der Waals surface area contributed by atoms with Crippen molar-refractivity contribution in [2.24, 2.45) is 0 Å². The molecule has 1 aromatic carbocycles. The third-order valence-corrected chi connectivity index (χ3v) is 4.07. The van der Waals surface area contributed by atoms with Gasteiger partial charge in [-0.05, 0) is 37.1 Å². The molecule has 26 heavy (non-hydrogen) atoms. The summed E-state index contributed by atoms with van der Waals surface area (Å²) in [4.78, 5) is 11.9. The highest BCUT2D eigenvalue weighted by molar-refractivity contribution is 5.90. The summed E-state index contributed by atoms with van der Waals surface area (Å²) in [5.74, 6) is 0.354. The summed E-state index contributed by atoms with van der Waals surface area (Å²) >= 11 is 0. The molecule has 0 atom stereocenters. The lowest BCUT2D eigenvalue weighted by Crippen LogP contribution is -1.94. The third kappa shape index (κ3) is 9.30. The normalized spacial score (nSPS) is 11.8. The number of hydrogen-bond donors (Lipinski definition) is 2. The van der Waals surface area contributed by atoms with Gasteiger partial charge in [-0.1, -0.05) is 57.6 Å². The average molecular weight is 360 g/mol. The predicted octanol–water partition coefficient (Wildman–Crippen LogP) is 5.96. The standard InChI is InChI=1S/C22H32O4/c1-3-5-6-7-8-9-10-11-19(23)17-20(24)14-12-18-13-15-21(25)22(16-18)26-4-2/h12-17,24-25H,3-11H2,1-2H3. The van der Waals surface area contributed by atoms with E-state index in [4.69, 9.17) is 4.74 Å². The molecule has 0 unspecified atom stereocenters. The van der Waals surface area contributed by atoms with Crippen LogP contribution >= 0.6 is 0 Å². The lowest BCUT2D eigenvalue weighted by Gasteiger charge is -2.06. The summed E-state index contributed by atoms with van der Waals surface area (Å²) in [5, 5.41) is 19.6. The van der Waals surface area contributed by atoms with E-state index in [1.54, 1.807) is 18.2 Å². The molecule has 0 bridgehead atoms. The van der Waals surface area contributed by atoms with E-state index in [2.05, 4.69) is 6.92 Å². The number of allylic oxidation sites excluding steroid dienone is 2. The maximum Gasteiger partial charge on any atom is 0.161 e. The Kier molecular flexibility index (Phi) is 10.9. The lowest BCUT2D eigenvalue weighted by atomic mass is 10.1. The number of aromatic hydroxyl groups is 1. The van der Waals surface area contributed by atoms with Gasteiger partial charge in [-0.2, -0.15) is 0 Å². The molecule has 0 saturated heterocycles. The van der Waals surface area contributed by atoms with Gasteiger partial charge in [0.05, 0.1) is 6.61 Å². The van der Waals surface area contributed by atoms with Gasteiger partial charge in [-0.15, -0.1) is 0 Å². The van der Waals surface area contributed by atoms with Crippen molar-refractivity contribution in [2.75, 3.05) is 6.61 Å². The maximum absolute atomic E-state index is 11.9. The van der Waals surface area contributed by atoms with E-state index in [-0.39, 0.29) is 17.3 Å². The molecule has 0 aliphatic heterocycles. The molecule has 0 aliphatic carbocycles. The Bertz CT molecular complexity index is 602. The van der Waals surface area contributed by atoms with Crippen molar-refractivity contribution in [3.8, 4) is 11.5 Å². The number of rotatable bonds is 13. The van der Waals surface area contributed by atoms with E-state index in [0.717, 1.165) is 18.4 Å². The highest BCUT2D eigenvalue weighted by Gasteiger charge is 2.03. The second-order valence-corrected chi connectivity index (χ2v) is 6.40. The summed E-state index contributed by atoms with van der Waals surface area (Å²) in [7, 11) is 0. The minimum Gasteiger partial charge on any atom is -0.508 e. The Morgan fingerprint density at radius 1 is 1.08 bits per heavy atom. The fourth-order valence-electron chi connectivity index (χ4n) is 2.63. The van der Waals surface area contributed by atoms with Crippen molar-refractivity contribution in [3.63, 3.8) is 0 Å². The quantitative estimate of drug-likeness (QED) is 0.197. The van der Waals surface area contributed by atoms with E-state index in [1.165, 1.54) is 50.3 Å². The zero-order valence-corrected chi connectivity index (χ0v) is 16.0. The van der Waals surface area contributed by atoms with Gasteiger partial charge < -0.3 is 14.9 Å². The van der Waals surface area contributed by atoms with Crippen molar-refractivity contribution in [2.45, 2.75) is 65.2 Å². The number of phenols is 1. The van der Waals surface area contributed by atoms with Gasteiger partial charge in [-0.3, -0.25) is 4.79 Å². The van der Waals surface area contributed by atoms with Crippen molar-refractivity contribution in [3.05, 3.63) is 41.7 Å². The Balaban J connectivity index is 2.41. The molecule has 1 aromatic rings. The molecule has 0 aliphatic rings. The van der Waals surface area contributed by atoms with Gasteiger partial charge in [0.15, 0.2) is 17.3 Å². The Morgan fingerprint density at radius 3 is 2.46 bits per heavy atom. The number of aliphatic hydroxyl groups is 1. The summed E-state index contributed by atoms with van der Waals surface area (Å²) in [6.45, 7) is 4.50.